The maximum atomic E-state index is 13.2. The molecule has 0 unspecified atom stereocenters. The van der Waals surface area contributed by atoms with Gasteiger partial charge in [-0.25, -0.2) is 9.97 Å². The number of aryl methyl sites for hydroxylation is 1. The van der Waals surface area contributed by atoms with E-state index in [1.165, 1.54) is 0 Å². The van der Waals surface area contributed by atoms with Crippen molar-refractivity contribution in [3.8, 4) is 5.75 Å². The van der Waals surface area contributed by atoms with Crippen LogP contribution in [-0.2, 0) is 17.8 Å². The van der Waals surface area contributed by atoms with Gasteiger partial charge in [-0.05, 0) is 38.0 Å². The number of fused-ring (bicyclic) bond motifs is 1. The third-order valence-electron chi connectivity index (χ3n) is 6.39. The molecule has 0 N–H and O–H groups in total. The van der Waals surface area contributed by atoms with E-state index < -0.39 is 0 Å². The first-order valence-corrected chi connectivity index (χ1v) is 11.4. The second kappa shape index (κ2) is 9.10. The van der Waals surface area contributed by atoms with E-state index in [4.69, 9.17) is 9.15 Å². The van der Waals surface area contributed by atoms with Crippen LogP contribution in [0.15, 0.2) is 59.1 Å². The summed E-state index contributed by atoms with van der Waals surface area (Å²) in [5, 5.41) is 0. The molecule has 0 saturated carbocycles. The predicted octanol–water partition coefficient (Wildman–Crippen LogP) is 4.34. The fourth-order valence-corrected chi connectivity index (χ4v) is 4.67. The smallest absolute Gasteiger partial charge is 0.242 e. The van der Waals surface area contributed by atoms with Gasteiger partial charge in [-0.1, -0.05) is 30.3 Å². The molecule has 1 amide bonds. The van der Waals surface area contributed by atoms with Crippen molar-refractivity contribution in [3.63, 3.8) is 0 Å². The van der Waals surface area contributed by atoms with E-state index in [9.17, 15) is 4.79 Å². The number of benzene rings is 2. The number of methoxy groups -OCH3 is 1. The number of hydrogen-bond acceptors (Lipinski definition) is 5. The lowest BCUT2D eigenvalue weighted by Crippen LogP contribution is -2.41. The summed E-state index contributed by atoms with van der Waals surface area (Å²) in [4.78, 5) is 24.2. The van der Waals surface area contributed by atoms with Crippen molar-refractivity contribution in [2.24, 2.45) is 0 Å². The first-order valence-electron chi connectivity index (χ1n) is 11.4. The summed E-state index contributed by atoms with van der Waals surface area (Å²) in [5.74, 6) is 3.42. The summed E-state index contributed by atoms with van der Waals surface area (Å²) in [6.45, 7) is 3.63. The van der Waals surface area contributed by atoms with Crippen molar-refractivity contribution in [2.75, 3.05) is 20.2 Å². The normalized spacial score (nSPS) is 16.3. The van der Waals surface area contributed by atoms with E-state index in [1.807, 2.05) is 64.9 Å². The van der Waals surface area contributed by atoms with Crippen molar-refractivity contribution >= 4 is 16.9 Å². The zero-order chi connectivity index (χ0) is 22.8. The minimum atomic E-state index is 0.103. The molecule has 2 aromatic carbocycles. The van der Waals surface area contributed by atoms with Crippen LogP contribution in [0, 0.1) is 6.92 Å². The number of imidazole rings is 1. The van der Waals surface area contributed by atoms with Crippen LogP contribution in [-0.4, -0.2) is 45.5 Å². The molecule has 7 nitrogen and oxygen atoms in total. The van der Waals surface area contributed by atoms with Crippen molar-refractivity contribution in [3.05, 3.63) is 77.8 Å². The number of hydrogen-bond donors (Lipinski definition) is 0. The molecular weight excluding hydrogens is 416 g/mol. The second-order valence-electron chi connectivity index (χ2n) is 8.57. The van der Waals surface area contributed by atoms with Crippen molar-refractivity contribution in [2.45, 2.75) is 38.6 Å². The number of oxazole rings is 1. The molecule has 170 valence electrons. The van der Waals surface area contributed by atoms with Crippen molar-refractivity contribution in [1.82, 2.24) is 19.4 Å². The van der Waals surface area contributed by atoms with E-state index in [0.29, 0.717) is 25.4 Å². The maximum absolute atomic E-state index is 13.2. The van der Waals surface area contributed by atoms with Crippen LogP contribution >= 0.6 is 0 Å². The SMILES string of the molecule is COc1ccccc1Cc1cnc([C@@H]2CCCN(C(=O)Cn3c(C)nc4ccccc43)C2)o1. The molecule has 0 radical (unpaired) electrons. The molecule has 1 aliphatic heterocycles. The number of carbonyl (C=O) groups is 1. The standard InChI is InChI=1S/C26H28N4O3/c1-18-28-22-10-4-5-11-23(22)30(18)17-25(31)29-13-7-9-20(16-29)26-27-15-21(33-26)14-19-8-3-6-12-24(19)32-2/h3-6,8,10-12,15,20H,7,9,13-14,16-17H2,1-2H3/t20-/m1/s1. The lowest BCUT2D eigenvalue weighted by molar-refractivity contribution is -0.133. The molecular formula is C26H28N4O3. The highest BCUT2D eigenvalue weighted by Crippen LogP contribution is 2.29. The van der Waals surface area contributed by atoms with Crippen LogP contribution in [0.25, 0.3) is 11.0 Å². The first-order chi connectivity index (χ1) is 16.1. The molecule has 7 heteroatoms. The molecule has 1 fully saturated rings. The zero-order valence-corrected chi connectivity index (χ0v) is 19.0. The van der Waals surface area contributed by atoms with Gasteiger partial charge in [0.25, 0.3) is 0 Å². The number of amides is 1. The van der Waals surface area contributed by atoms with Crippen LogP contribution in [0.2, 0.25) is 0 Å². The minimum absolute atomic E-state index is 0.103. The number of rotatable bonds is 6. The summed E-state index contributed by atoms with van der Waals surface area (Å²) < 4.78 is 13.6. The third-order valence-corrected chi connectivity index (χ3v) is 6.39. The molecule has 5 rings (SSSR count). The molecule has 1 saturated heterocycles. The first kappa shape index (κ1) is 21.2. The highest BCUT2D eigenvalue weighted by Gasteiger charge is 2.28. The minimum Gasteiger partial charge on any atom is -0.496 e. The zero-order valence-electron chi connectivity index (χ0n) is 19.0. The molecule has 1 atom stereocenters. The van der Waals surface area contributed by atoms with E-state index in [2.05, 4.69) is 9.97 Å². The molecule has 3 heterocycles. The second-order valence-corrected chi connectivity index (χ2v) is 8.57. The van der Waals surface area contributed by atoms with Gasteiger partial charge in [0.2, 0.25) is 5.91 Å². The quantitative estimate of drug-likeness (QED) is 0.442. The van der Waals surface area contributed by atoms with Gasteiger partial charge in [-0.2, -0.15) is 0 Å². The number of ether oxygens (including phenoxy) is 1. The van der Waals surface area contributed by atoms with Crippen LogP contribution in [0.3, 0.4) is 0 Å². The third kappa shape index (κ3) is 4.35. The average Bonchev–Trinajstić information content (AvgIpc) is 3.44. The number of piperidine rings is 1. The molecule has 0 bridgehead atoms. The van der Waals surface area contributed by atoms with Gasteiger partial charge in [-0.3, -0.25) is 4.79 Å². The lowest BCUT2D eigenvalue weighted by Gasteiger charge is -2.31. The topological polar surface area (TPSA) is 73.4 Å². The number of para-hydroxylation sites is 3. The molecule has 0 aliphatic carbocycles. The molecule has 2 aromatic heterocycles. The van der Waals surface area contributed by atoms with Crippen LogP contribution < -0.4 is 4.74 Å². The van der Waals surface area contributed by atoms with Gasteiger partial charge in [0.15, 0.2) is 5.89 Å². The highest BCUT2D eigenvalue weighted by atomic mass is 16.5. The monoisotopic (exact) mass is 444 g/mol. The van der Waals surface area contributed by atoms with Gasteiger partial charge in [0.1, 0.15) is 23.9 Å². The van der Waals surface area contributed by atoms with Crippen LogP contribution in [0.5, 0.6) is 5.75 Å². The summed E-state index contributed by atoms with van der Waals surface area (Å²) >= 11 is 0. The van der Waals surface area contributed by atoms with Gasteiger partial charge < -0.3 is 18.6 Å². The molecule has 4 aromatic rings. The van der Waals surface area contributed by atoms with Crippen LogP contribution in [0.1, 0.15) is 41.8 Å². The Labute approximate surface area is 193 Å². The Balaban J connectivity index is 1.27. The summed E-state index contributed by atoms with van der Waals surface area (Å²) in [6.07, 6.45) is 4.32. The summed E-state index contributed by atoms with van der Waals surface area (Å²) in [5.41, 5.74) is 2.97. The Bertz CT molecular complexity index is 1280. The number of nitrogens with zero attached hydrogens (tertiary/aromatic N) is 4. The molecule has 1 aliphatic rings. The Morgan fingerprint density at radius 3 is 2.88 bits per heavy atom. The van der Waals surface area contributed by atoms with Crippen molar-refractivity contribution in [1.29, 1.82) is 0 Å². The van der Waals surface area contributed by atoms with Crippen molar-refractivity contribution < 1.29 is 13.9 Å². The Morgan fingerprint density at radius 2 is 2.00 bits per heavy atom. The van der Waals surface area contributed by atoms with E-state index in [0.717, 1.165) is 53.3 Å². The van der Waals surface area contributed by atoms with Crippen LogP contribution in [0.4, 0.5) is 0 Å². The Morgan fingerprint density at radius 1 is 1.18 bits per heavy atom. The van der Waals surface area contributed by atoms with Gasteiger partial charge in [-0.15, -0.1) is 0 Å². The lowest BCUT2D eigenvalue weighted by atomic mass is 9.98. The molecule has 0 spiro atoms. The van der Waals surface area contributed by atoms with Gasteiger partial charge in [0, 0.05) is 25.1 Å². The number of carbonyl (C=O) groups excluding carboxylic acids is 1. The summed E-state index contributed by atoms with van der Waals surface area (Å²) in [6, 6.07) is 15.9. The van der Waals surface area contributed by atoms with E-state index in [1.54, 1.807) is 13.3 Å². The van der Waals surface area contributed by atoms with E-state index in [-0.39, 0.29) is 11.8 Å². The fourth-order valence-electron chi connectivity index (χ4n) is 4.67. The molecule has 33 heavy (non-hydrogen) atoms. The number of aromatic nitrogens is 3. The van der Waals surface area contributed by atoms with E-state index >= 15 is 0 Å². The van der Waals surface area contributed by atoms with Gasteiger partial charge in [0.05, 0.1) is 30.3 Å². The maximum Gasteiger partial charge on any atom is 0.242 e. The highest BCUT2D eigenvalue weighted by molar-refractivity contribution is 5.81. The Kier molecular flexibility index (Phi) is 5.86. The number of likely N-dealkylation sites (tertiary alicyclic amines) is 1. The Hall–Kier alpha value is -3.61. The largest absolute Gasteiger partial charge is 0.496 e. The average molecular weight is 445 g/mol. The predicted molar refractivity (Wildman–Crippen MR) is 125 cm³/mol. The summed E-state index contributed by atoms with van der Waals surface area (Å²) in [7, 11) is 1.67. The van der Waals surface area contributed by atoms with Gasteiger partial charge >= 0.3 is 0 Å². The fraction of sp³-hybridized carbons (Fsp3) is 0.346.